The third-order valence-electron chi connectivity index (χ3n) is 6.12. The van der Waals surface area contributed by atoms with E-state index in [-0.39, 0.29) is 29.3 Å². The number of amides is 2. The molecule has 0 aliphatic rings. The molecule has 0 saturated heterocycles. The molecule has 0 unspecified atom stereocenters. The van der Waals surface area contributed by atoms with Gasteiger partial charge in [0.25, 0.3) is 5.91 Å². The molecule has 0 spiro atoms. The molecule has 204 valence electrons. The lowest BCUT2D eigenvalue weighted by Gasteiger charge is -2.24. The Morgan fingerprint density at radius 3 is 2.26 bits per heavy atom. The van der Waals surface area contributed by atoms with Crippen LogP contribution in [-0.2, 0) is 10.2 Å². The van der Waals surface area contributed by atoms with Crippen LogP contribution in [0.15, 0.2) is 48.5 Å². The third-order valence-corrected chi connectivity index (χ3v) is 6.44. The maximum atomic E-state index is 13.7. The van der Waals surface area contributed by atoms with Crippen LogP contribution in [-0.4, -0.2) is 53.8 Å². The Labute approximate surface area is 229 Å². The van der Waals surface area contributed by atoms with Crippen molar-refractivity contribution >= 4 is 29.2 Å². The molecule has 2 amide bonds. The van der Waals surface area contributed by atoms with E-state index in [4.69, 9.17) is 26.2 Å². The number of unbranched alkanes of at least 4 members (excludes halogenated alkanes) is 2. The molecule has 0 aliphatic heterocycles. The zero-order valence-corrected chi connectivity index (χ0v) is 23.8. The van der Waals surface area contributed by atoms with Crippen molar-refractivity contribution in [1.82, 2.24) is 14.7 Å². The lowest BCUT2D eigenvalue weighted by molar-refractivity contribution is -0.117. The van der Waals surface area contributed by atoms with Crippen molar-refractivity contribution < 1.29 is 19.1 Å². The van der Waals surface area contributed by atoms with Crippen molar-refractivity contribution in [2.24, 2.45) is 0 Å². The Balaban J connectivity index is 1.93. The Morgan fingerprint density at radius 1 is 1.03 bits per heavy atom. The number of halogens is 1. The number of hydrogen-bond donors (Lipinski definition) is 1. The first-order valence-electron chi connectivity index (χ1n) is 12.8. The number of methoxy groups -OCH3 is 2. The van der Waals surface area contributed by atoms with Gasteiger partial charge in [-0.15, -0.1) is 0 Å². The maximum Gasteiger partial charge on any atom is 0.261 e. The number of anilines is 1. The molecule has 1 N–H and O–H groups in total. The largest absolute Gasteiger partial charge is 0.496 e. The van der Waals surface area contributed by atoms with Crippen molar-refractivity contribution in [3.8, 4) is 17.2 Å². The Hall–Kier alpha value is -3.52. The quantitative estimate of drug-likeness (QED) is 0.296. The van der Waals surface area contributed by atoms with Crippen LogP contribution in [0.25, 0.3) is 5.69 Å². The first-order valence-corrected chi connectivity index (χ1v) is 13.1. The second-order valence-corrected chi connectivity index (χ2v) is 10.5. The van der Waals surface area contributed by atoms with Crippen molar-refractivity contribution in [2.45, 2.75) is 52.4 Å². The smallest absolute Gasteiger partial charge is 0.261 e. The van der Waals surface area contributed by atoms with E-state index in [1.807, 2.05) is 45.0 Å². The number of carbonyl (C=O) groups is 2. The minimum atomic E-state index is -0.350. The van der Waals surface area contributed by atoms with Gasteiger partial charge in [0.15, 0.2) is 0 Å². The predicted molar refractivity (Wildman–Crippen MR) is 151 cm³/mol. The van der Waals surface area contributed by atoms with Crippen LogP contribution >= 0.6 is 11.6 Å². The number of rotatable bonds is 11. The summed E-state index contributed by atoms with van der Waals surface area (Å²) >= 11 is 6.46. The normalized spacial score (nSPS) is 11.2. The monoisotopic (exact) mass is 540 g/mol. The molecule has 1 heterocycles. The van der Waals surface area contributed by atoms with Crippen molar-refractivity contribution in [2.75, 3.05) is 32.6 Å². The number of para-hydroxylation sites is 1. The fourth-order valence-electron chi connectivity index (χ4n) is 4.02. The van der Waals surface area contributed by atoms with Crippen molar-refractivity contribution in [3.05, 3.63) is 64.8 Å². The molecule has 8 nitrogen and oxygen atoms in total. The van der Waals surface area contributed by atoms with Gasteiger partial charge < -0.3 is 19.7 Å². The SMILES string of the molecule is CCCCCN(CC(=O)Nc1cc(C(C)(C)C)nn1-c1ccccc1Cl)C(=O)c1c(OC)cccc1OC. The van der Waals surface area contributed by atoms with Crippen LogP contribution in [0.2, 0.25) is 5.02 Å². The predicted octanol–water partition coefficient (Wildman–Crippen LogP) is 6.11. The van der Waals surface area contributed by atoms with Crippen LogP contribution in [0.1, 0.15) is 63.0 Å². The van der Waals surface area contributed by atoms with Gasteiger partial charge in [-0.25, -0.2) is 4.68 Å². The molecule has 0 atom stereocenters. The summed E-state index contributed by atoms with van der Waals surface area (Å²) < 4.78 is 12.5. The number of nitrogens with one attached hydrogen (secondary N) is 1. The molecule has 0 fully saturated rings. The van der Waals surface area contributed by atoms with Crippen molar-refractivity contribution in [1.29, 1.82) is 0 Å². The highest BCUT2D eigenvalue weighted by Crippen LogP contribution is 2.31. The number of benzene rings is 2. The summed E-state index contributed by atoms with van der Waals surface area (Å²) in [7, 11) is 3.00. The molecule has 3 rings (SSSR count). The van der Waals surface area contributed by atoms with E-state index in [0.717, 1.165) is 25.0 Å². The van der Waals surface area contributed by atoms with E-state index < -0.39 is 0 Å². The highest BCUT2D eigenvalue weighted by Gasteiger charge is 2.27. The van der Waals surface area contributed by atoms with Gasteiger partial charge in [0.05, 0.1) is 30.6 Å². The average Bonchev–Trinajstić information content (AvgIpc) is 3.31. The number of carbonyl (C=O) groups excluding carboxylic acids is 2. The fourth-order valence-corrected chi connectivity index (χ4v) is 4.24. The van der Waals surface area contributed by atoms with Crippen LogP contribution in [0.5, 0.6) is 11.5 Å². The Bertz CT molecular complexity index is 1240. The minimum Gasteiger partial charge on any atom is -0.496 e. The van der Waals surface area contributed by atoms with Gasteiger partial charge in [0.2, 0.25) is 5.91 Å². The topological polar surface area (TPSA) is 85.7 Å². The van der Waals surface area contributed by atoms with Crippen LogP contribution in [0.4, 0.5) is 5.82 Å². The van der Waals surface area contributed by atoms with E-state index >= 15 is 0 Å². The summed E-state index contributed by atoms with van der Waals surface area (Å²) in [6.45, 7) is 8.50. The van der Waals surface area contributed by atoms with E-state index in [1.54, 1.807) is 28.9 Å². The summed E-state index contributed by atoms with van der Waals surface area (Å²) in [5.41, 5.74) is 1.48. The second kappa shape index (κ2) is 12.8. The molecule has 0 bridgehead atoms. The molecule has 38 heavy (non-hydrogen) atoms. The highest BCUT2D eigenvalue weighted by molar-refractivity contribution is 6.32. The average molecular weight is 541 g/mol. The molecule has 0 radical (unpaired) electrons. The fraction of sp³-hybridized carbons (Fsp3) is 0.414. The van der Waals surface area contributed by atoms with E-state index in [9.17, 15) is 9.59 Å². The zero-order valence-electron chi connectivity index (χ0n) is 23.0. The molecule has 0 aliphatic carbocycles. The first kappa shape index (κ1) is 29.0. The van der Waals surface area contributed by atoms with Crippen molar-refractivity contribution in [3.63, 3.8) is 0 Å². The minimum absolute atomic E-state index is 0.150. The second-order valence-electron chi connectivity index (χ2n) is 10.0. The van der Waals surface area contributed by atoms with Gasteiger partial charge >= 0.3 is 0 Å². The Morgan fingerprint density at radius 2 is 1.68 bits per heavy atom. The third kappa shape index (κ3) is 6.86. The lowest BCUT2D eigenvalue weighted by atomic mass is 9.92. The number of aromatic nitrogens is 2. The van der Waals surface area contributed by atoms with E-state index in [2.05, 4.69) is 12.2 Å². The molecule has 2 aromatic carbocycles. The highest BCUT2D eigenvalue weighted by atomic mass is 35.5. The molecule has 0 saturated carbocycles. The standard InChI is InChI=1S/C29H37ClN4O4/c1-7-8-11-17-33(28(36)27-22(37-5)15-12-16-23(27)38-6)19-26(35)31-25-18-24(29(2,3)4)32-34(25)21-14-10-9-13-20(21)30/h9-10,12-16,18H,7-8,11,17,19H2,1-6H3,(H,31,35). The van der Waals surface area contributed by atoms with E-state index in [1.165, 1.54) is 19.1 Å². The van der Waals surface area contributed by atoms with Crippen LogP contribution in [0.3, 0.4) is 0 Å². The van der Waals surface area contributed by atoms with Crippen LogP contribution in [0, 0.1) is 0 Å². The maximum absolute atomic E-state index is 13.7. The zero-order chi connectivity index (χ0) is 27.9. The van der Waals surface area contributed by atoms with Gasteiger partial charge in [-0.1, -0.05) is 70.3 Å². The lowest BCUT2D eigenvalue weighted by Crippen LogP contribution is -2.39. The van der Waals surface area contributed by atoms with Gasteiger partial charge in [0, 0.05) is 18.0 Å². The molecule has 1 aromatic heterocycles. The molecular formula is C29H37ClN4O4. The molecule has 9 heteroatoms. The van der Waals surface area contributed by atoms with E-state index in [0.29, 0.717) is 34.6 Å². The van der Waals surface area contributed by atoms with Crippen LogP contribution < -0.4 is 14.8 Å². The summed E-state index contributed by atoms with van der Waals surface area (Å²) in [5, 5.41) is 8.20. The summed E-state index contributed by atoms with van der Waals surface area (Å²) in [6, 6.07) is 14.3. The molecular weight excluding hydrogens is 504 g/mol. The van der Waals surface area contributed by atoms with Gasteiger partial charge in [0.1, 0.15) is 29.4 Å². The number of ether oxygens (including phenoxy) is 2. The Kier molecular flexibility index (Phi) is 9.80. The van der Waals surface area contributed by atoms with Gasteiger partial charge in [-0.05, 0) is 30.7 Å². The number of nitrogens with zero attached hydrogens (tertiary/aromatic N) is 3. The number of hydrogen-bond acceptors (Lipinski definition) is 5. The van der Waals surface area contributed by atoms with Gasteiger partial charge in [-0.2, -0.15) is 5.10 Å². The summed E-state index contributed by atoms with van der Waals surface area (Å²) in [5.74, 6) is 0.575. The first-order chi connectivity index (χ1) is 18.1. The summed E-state index contributed by atoms with van der Waals surface area (Å²) in [6.07, 6.45) is 2.68. The summed E-state index contributed by atoms with van der Waals surface area (Å²) in [4.78, 5) is 28.6. The van der Waals surface area contributed by atoms with Gasteiger partial charge in [-0.3, -0.25) is 9.59 Å². The molecule has 3 aromatic rings.